The molecule has 3 atom stereocenters. The van der Waals surface area contributed by atoms with Crippen molar-refractivity contribution in [2.75, 3.05) is 30.3 Å². The molecule has 2 fully saturated rings. The number of amides is 1. The van der Waals surface area contributed by atoms with E-state index in [1.54, 1.807) is 4.90 Å². The number of carbonyl (C=O) groups excluding carboxylic acids is 1. The lowest BCUT2D eigenvalue weighted by atomic mass is 9.97. The molecule has 110 valence electrons. The summed E-state index contributed by atoms with van der Waals surface area (Å²) in [6, 6.07) is 0. The molecule has 3 unspecified atom stereocenters. The number of nitrogens with zero attached hydrogens (tertiary/aromatic N) is 1. The monoisotopic (exact) mass is 307 g/mol. The van der Waals surface area contributed by atoms with Crippen molar-refractivity contribution >= 4 is 27.5 Å². The summed E-state index contributed by atoms with van der Waals surface area (Å²) in [5.74, 6) is 0.997. The lowest BCUT2D eigenvalue weighted by Crippen LogP contribution is -2.45. The Kier molecular flexibility index (Phi) is 4.79. The van der Waals surface area contributed by atoms with Gasteiger partial charge in [0.1, 0.15) is 0 Å². The molecule has 0 aliphatic carbocycles. The summed E-state index contributed by atoms with van der Waals surface area (Å²) in [6.07, 6.45) is 0.988. The number of piperidine rings is 1. The Balaban J connectivity index is 1.76. The predicted molar refractivity (Wildman–Crippen MR) is 75.9 cm³/mol. The molecule has 2 saturated heterocycles. The molecule has 2 rings (SSSR count). The standard InChI is InChI=1S/C12H21NO4S2/c1-9-6-13(4-2-11(9)14)12(15)7-18-10-3-5-19(16,17)8-10/h9-11,14H,2-8H2,1H3. The van der Waals surface area contributed by atoms with Crippen LogP contribution in [0.3, 0.4) is 0 Å². The molecule has 1 N–H and O–H groups in total. The molecule has 19 heavy (non-hydrogen) atoms. The van der Waals surface area contributed by atoms with Crippen LogP contribution in [0.2, 0.25) is 0 Å². The van der Waals surface area contributed by atoms with Crippen molar-refractivity contribution in [2.45, 2.75) is 31.1 Å². The van der Waals surface area contributed by atoms with Gasteiger partial charge in [-0.25, -0.2) is 8.42 Å². The summed E-state index contributed by atoms with van der Waals surface area (Å²) in [7, 11) is -2.86. The normalized spacial score (nSPS) is 34.4. The van der Waals surface area contributed by atoms with E-state index in [9.17, 15) is 18.3 Å². The van der Waals surface area contributed by atoms with Gasteiger partial charge in [-0.1, -0.05) is 6.92 Å². The Morgan fingerprint density at radius 3 is 2.74 bits per heavy atom. The Hall–Kier alpha value is -0.270. The van der Waals surface area contributed by atoms with Crippen LogP contribution in [0.5, 0.6) is 0 Å². The molecule has 0 aromatic rings. The minimum Gasteiger partial charge on any atom is -0.393 e. The largest absolute Gasteiger partial charge is 0.393 e. The lowest BCUT2D eigenvalue weighted by molar-refractivity contribution is -0.131. The molecule has 0 bridgehead atoms. The molecule has 0 aromatic carbocycles. The van der Waals surface area contributed by atoms with Gasteiger partial charge in [-0.3, -0.25) is 4.79 Å². The zero-order chi connectivity index (χ0) is 14.0. The van der Waals surface area contributed by atoms with E-state index in [0.717, 1.165) is 0 Å². The van der Waals surface area contributed by atoms with Crippen LogP contribution >= 0.6 is 11.8 Å². The van der Waals surface area contributed by atoms with Crippen molar-refractivity contribution in [3.8, 4) is 0 Å². The number of likely N-dealkylation sites (tertiary alicyclic amines) is 1. The van der Waals surface area contributed by atoms with Gasteiger partial charge in [0.15, 0.2) is 9.84 Å². The average Bonchev–Trinajstić information content (AvgIpc) is 2.69. The van der Waals surface area contributed by atoms with E-state index >= 15 is 0 Å². The second-order valence-corrected chi connectivity index (χ2v) is 9.03. The fraction of sp³-hybridized carbons (Fsp3) is 0.917. The summed E-state index contributed by atoms with van der Waals surface area (Å²) in [4.78, 5) is 13.8. The van der Waals surface area contributed by atoms with E-state index < -0.39 is 9.84 Å². The molecule has 0 spiro atoms. The van der Waals surface area contributed by atoms with Crippen molar-refractivity contribution in [2.24, 2.45) is 5.92 Å². The maximum Gasteiger partial charge on any atom is 0.232 e. The first-order valence-corrected chi connectivity index (χ1v) is 9.52. The van der Waals surface area contributed by atoms with Crippen LogP contribution in [0.4, 0.5) is 0 Å². The minimum absolute atomic E-state index is 0.0630. The average molecular weight is 307 g/mol. The molecular formula is C12H21NO4S2. The maximum absolute atomic E-state index is 12.0. The molecule has 2 heterocycles. The van der Waals surface area contributed by atoms with E-state index in [-0.39, 0.29) is 34.7 Å². The zero-order valence-corrected chi connectivity index (χ0v) is 12.8. The molecule has 0 radical (unpaired) electrons. The number of hydrogen-bond donors (Lipinski definition) is 1. The quantitative estimate of drug-likeness (QED) is 0.802. The van der Waals surface area contributed by atoms with Crippen molar-refractivity contribution in [1.82, 2.24) is 4.90 Å². The number of hydrogen-bond acceptors (Lipinski definition) is 5. The molecule has 2 aliphatic rings. The Morgan fingerprint density at radius 2 is 2.16 bits per heavy atom. The maximum atomic E-state index is 12.0. The van der Waals surface area contributed by atoms with Crippen LogP contribution in [-0.2, 0) is 14.6 Å². The summed E-state index contributed by atoms with van der Waals surface area (Å²) >= 11 is 1.46. The van der Waals surface area contributed by atoms with Crippen LogP contribution in [-0.4, -0.2) is 66.0 Å². The van der Waals surface area contributed by atoms with Gasteiger partial charge >= 0.3 is 0 Å². The second-order valence-electron chi connectivity index (χ2n) is 5.51. The summed E-state index contributed by atoms with van der Waals surface area (Å²) in [5.41, 5.74) is 0. The van der Waals surface area contributed by atoms with Gasteiger partial charge in [0.05, 0.1) is 23.4 Å². The van der Waals surface area contributed by atoms with Crippen LogP contribution in [0.25, 0.3) is 0 Å². The van der Waals surface area contributed by atoms with E-state index in [4.69, 9.17) is 0 Å². The van der Waals surface area contributed by atoms with Crippen LogP contribution < -0.4 is 0 Å². The Morgan fingerprint density at radius 1 is 1.42 bits per heavy atom. The molecular weight excluding hydrogens is 286 g/mol. The van der Waals surface area contributed by atoms with Crippen molar-refractivity contribution < 1.29 is 18.3 Å². The Bertz CT molecular complexity index is 437. The number of rotatable bonds is 3. The third-order valence-corrected chi connectivity index (χ3v) is 7.11. The molecule has 7 heteroatoms. The molecule has 0 saturated carbocycles. The number of thioether (sulfide) groups is 1. The third-order valence-electron chi connectivity index (χ3n) is 3.85. The van der Waals surface area contributed by atoms with Crippen LogP contribution in [0.1, 0.15) is 19.8 Å². The Labute approximate surface area is 118 Å². The van der Waals surface area contributed by atoms with E-state index in [0.29, 0.717) is 31.7 Å². The SMILES string of the molecule is CC1CN(C(=O)CSC2CCS(=O)(=O)C2)CCC1O. The van der Waals surface area contributed by atoms with Gasteiger partial charge in [0, 0.05) is 18.3 Å². The summed E-state index contributed by atoms with van der Waals surface area (Å²) in [6.45, 7) is 3.15. The first-order chi connectivity index (χ1) is 8.87. The number of aliphatic hydroxyl groups excluding tert-OH is 1. The number of carbonyl (C=O) groups is 1. The predicted octanol–water partition coefficient (Wildman–Crippen LogP) is 0.136. The van der Waals surface area contributed by atoms with Crippen molar-refractivity contribution in [3.63, 3.8) is 0 Å². The van der Waals surface area contributed by atoms with E-state index in [1.807, 2.05) is 6.92 Å². The smallest absolute Gasteiger partial charge is 0.232 e. The van der Waals surface area contributed by atoms with Crippen molar-refractivity contribution in [1.29, 1.82) is 0 Å². The molecule has 2 aliphatic heterocycles. The molecule has 5 nitrogen and oxygen atoms in total. The summed E-state index contributed by atoms with van der Waals surface area (Å²) < 4.78 is 22.7. The fourth-order valence-corrected chi connectivity index (χ4v) is 6.08. The van der Waals surface area contributed by atoms with Gasteiger partial charge < -0.3 is 10.0 Å². The third kappa shape index (κ3) is 4.10. The van der Waals surface area contributed by atoms with Crippen LogP contribution in [0, 0.1) is 5.92 Å². The first-order valence-electron chi connectivity index (χ1n) is 6.65. The van der Waals surface area contributed by atoms with E-state index in [1.165, 1.54) is 11.8 Å². The fourth-order valence-electron chi connectivity index (χ4n) is 2.53. The topological polar surface area (TPSA) is 74.7 Å². The van der Waals surface area contributed by atoms with Gasteiger partial charge in [0.2, 0.25) is 5.91 Å². The second kappa shape index (κ2) is 6.01. The summed E-state index contributed by atoms with van der Waals surface area (Å²) in [5, 5.41) is 9.70. The highest BCUT2D eigenvalue weighted by Crippen LogP contribution is 2.25. The highest BCUT2D eigenvalue weighted by Gasteiger charge is 2.30. The highest BCUT2D eigenvalue weighted by atomic mass is 32.2. The van der Waals surface area contributed by atoms with Crippen LogP contribution in [0.15, 0.2) is 0 Å². The van der Waals surface area contributed by atoms with Crippen molar-refractivity contribution in [3.05, 3.63) is 0 Å². The lowest BCUT2D eigenvalue weighted by Gasteiger charge is -2.34. The zero-order valence-electron chi connectivity index (χ0n) is 11.1. The van der Waals surface area contributed by atoms with E-state index in [2.05, 4.69) is 0 Å². The highest BCUT2D eigenvalue weighted by molar-refractivity contribution is 8.02. The number of sulfone groups is 1. The van der Waals surface area contributed by atoms with Gasteiger partial charge in [0.25, 0.3) is 0 Å². The molecule has 0 aromatic heterocycles. The minimum atomic E-state index is -2.86. The van der Waals surface area contributed by atoms with Gasteiger partial charge in [-0.15, -0.1) is 11.8 Å². The van der Waals surface area contributed by atoms with Gasteiger partial charge in [-0.2, -0.15) is 0 Å². The first kappa shape index (κ1) is 15.1. The van der Waals surface area contributed by atoms with Gasteiger partial charge in [-0.05, 0) is 18.8 Å². The number of aliphatic hydroxyl groups is 1. The molecule has 1 amide bonds.